The summed E-state index contributed by atoms with van der Waals surface area (Å²) in [5.41, 5.74) is 0.695. The van der Waals surface area contributed by atoms with Gasteiger partial charge >= 0.3 is 5.97 Å². The van der Waals surface area contributed by atoms with Crippen LogP contribution in [0, 0.1) is 0 Å². The minimum atomic E-state index is -0.990. The Morgan fingerprint density at radius 1 is 1.06 bits per heavy atom. The Balaban J connectivity index is 2.10. The summed E-state index contributed by atoms with van der Waals surface area (Å²) < 4.78 is 5.16. The van der Waals surface area contributed by atoms with Crippen molar-refractivity contribution in [3.8, 4) is 0 Å². The summed E-state index contributed by atoms with van der Waals surface area (Å²) in [6.45, 7) is 2.27. The highest BCUT2D eigenvalue weighted by Crippen LogP contribution is 2.09. The summed E-state index contributed by atoms with van der Waals surface area (Å²) >= 11 is 0. The van der Waals surface area contributed by atoms with E-state index in [1.807, 2.05) is 0 Å². The van der Waals surface area contributed by atoms with Crippen molar-refractivity contribution in [1.82, 2.24) is 4.90 Å². The van der Waals surface area contributed by atoms with E-state index in [2.05, 4.69) is 0 Å². The van der Waals surface area contributed by atoms with Crippen molar-refractivity contribution in [3.05, 3.63) is 35.4 Å². The van der Waals surface area contributed by atoms with Gasteiger partial charge in [-0.05, 0) is 24.3 Å². The van der Waals surface area contributed by atoms with Gasteiger partial charge in [0.2, 0.25) is 0 Å². The van der Waals surface area contributed by atoms with Gasteiger partial charge in [-0.3, -0.25) is 4.79 Å². The van der Waals surface area contributed by atoms with Crippen LogP contribution < -0.4 is 0 Å². The van der Waals surface area contributed by atoms with Crippen molar-refractivity contribution in [3.63, 3.8) is 0 Å². The molecular weight excluding hydrogens is 222 g/mol. The van der Waals surface area contributed by atoms with Crippen molar-refractivity contribution in [1.29, 1.82) is 0 Å². The first kappa shape index (κ1) is 11.6. The standard InChI is InChI=1S/C12H13NO4/c14-11(13-5-7-17-8-6-13)9-1-3-10(4-2-9)12(15)16/h1-4H,5-8H2,(H,15,16). The van der Waals surface area contributed by atoms with E-state index in [9.17, 15) is 9.59 Å². The molecule has 0 unspecified atom stereocenters. The number of carboxylic acid groups (broad SMARTS) is 1. The van der Waals surface area contributed by atoms with E-state index < -0.39 is 5.97 Å². The second-order valence-corrected chi connectivity index (χ2v) is 3.79. The van der Waals surface area contributed by atoms with Crippen molar-refractivity contribution >= 4 is 11.9 Å². The minimum absolute atomic E-state index is 0.0785. The number of rotatable bonds is 2. The first-order valence-corrected chi connectivity index (χ1v) is 5.39. The van der Waals surface area contributed by atoms with E-state index in [1.54, 1.807) is 17.0 Å². The fraction of sp³-hybridized carbons (Fsp3) is 0.333. The van der Waals surface area contributed by atoms with E-state index in [1.165, 1.54) is 12.1 Å². The number of carbonyl (C=O) groups excluding carboxylic acids is 1. The van der Waals surface area contributed by atoms with Gasteiger partial charge in [-0.25, -0.2) is 4.79 Å². The highest BCUT2D eigenvalue weighted by atomic mass is 16.5. The fourth-order valence-corrected chi connectivity index (χ4v) is 1.70. The number of benzene rings is 1. The third kappa shape index (κ3) is 2.62. The molecule has 0 aromatic heterocycles. The third-order valence-electron chi connectivity index (χ3n) is 2.68. The molecule has 0 spiro atoms. The molecule has 0 aliphatic carbocycles. The normalized spacial score (nSPS) is 15.6. The monoisotopic (exact) mass is 235 g/mol. The molecular formula is C12H13NO4. The average molecular weight is 235 g/mol. The number of aromatic carboxylic acids is 1. The van der Waals surface area contributed by atoms with Gasteiger partial charge < -0.3 is 14.7 Å². The maximum Gasteiger partial charge on any atom is 0.335 e. The van der Waals surface area contributed by atoms with Crippen LogP contribution in [-0.4, -0.2) is 48.2 Å². The van der Waals surface area contributed by atoms with Crippen LogP contribution in [0.15, 0.2) is 24.3 Å². The Morgan fingerprint density at radius 3 is 2.12 bits per heavy atom. The summed E-state index contributed by atoms with van der Waals surface area (Å²) in [5.74, 6) is -1.07. The van der Waals surface area contributed by atoms with E-state index in [-0.39, 0.29) is 11.5 Å². The van der Waals surface area contributed by atoms with Crippen molar-refractivity contribution in [2.75, 3.05) is 26.3 Å². The molecule has 1 aromatic rings. The number of carboxylic acids is 1. The molecule has 1 saturated heterocycles. The van der Waals surface area contributed by atoms with Crippen LogP contribution in [0.1, 0.15) is 20.7 Å². The van der Waals surface area contributed by atoms with Crippen molar-refractivity contribution in [2.24, 2.45) is 0 Å². The second-order valence-electron chi connectivity index (χ2n) is 3.79. The Labute approximate surface area is 98.6 Å². The predicted octanol–water partition coefficient (Wildman–Crippen LogP) is 0.857. The fourth-order valence-electron chi connectivity index (χ4n) is 1.70. The zero-order valence-electron chi connectivity index (χ0n) is 9.26. The first-order chi connectivity index (χ1) is 8.18. The Hall–Kier alpha value is -1.88. The van der Waals surface area contributed by atoms with Crippen molar-refractivity contribution < 1.29 is 19.4 Å². The summed E-state index contributed by atoms with van der Waals surface area (Å²) in [6, 6.07) is 5.97. The predicted molar refractivity (Wildman–Crippen MR) is 60.1 cm³/mol. The summed E-state index contributed by atoms with van der Waals surface area (Å²) in [7, 11) is 0. The zero-order chi connectivity index (χ0) is 12.3. The topological polar surface area (TPSA) is 66.8 Å². The SMILES string of the molecule is O=C(O)c1ccc(C(=O)N2CCOCC2)cc1. The van der Waals surface area contributed by atoms with E-state index in [4.69, 9.17) is 9.84 Å². The Bertz CT molecular complexity index is 421. The highest BCUT2D eigenvalue weighted by molar-refractivity contribution is 5.95. The molecule has 2 rings (SSSR count). The third-order valence-corrected chi connectivity index (χ3v) is 2.68. The molecule has 1 aliphatic heterocycles. The molecule has 17 heavy (non-hydrogen) atoms. The molecule has 5 nitrogen and oxygen atoms in total. The van der Waals surface area contributed by atoms with Crippen LogP contribution in [-0.2, 0) is 4.74 Å². The summed E-state index contributed by atoms with van der Waals surface area (Å²) in [6.07, 6.45) is 0. The average Bonchev–Trinajstić information content (AvgIpc) is 2.39. The lowest BCUT2D eigenvalue weighted by Gasteiger charge is -2.26. The molecule has 0 bridgehead atoms. The maximum atomic E-state index is 12.0. The van der Waals surface area contributed by atoms with Gasteiger partial charge in [0.1, 0.15) is 0 Å². The lowest BCUT2D eigenvalue weighted by molar-refractivity contribution is 0.0303. The van der Waals surface area contributed by atoms with Crippen LogP contribution >= 0.6 is 0 Å². The van der Waals surface area contributed by atoms with Gasteiger partial charge in [-0.2, -0.15) is 0 Å². The van der Waals surface area contributed by atoms with Crippen LogP contribution in [0.2, 0.25) is 0 Å². The van der Waals surface area contributed by atoms with Gasteiger partial charge in [0.05, 0.1) is 18.8 Å². The smallest absolute Gasteiger partial charge is 0.335 e. The summed E-state index contributed by atoms with van der Waals surface area (Å²) in [5, 5.41) is 8.75. The van der Waals surface area contributed by atoms with Gasteiger partial charge in [0.25, 0.3) is 5.91 Å². The molecule has 1 aromatic carbocycles. The number of carbonyl (C=O) groups is 2. The minimum Gasteiger partial charge on any atom is -0.478 e. The second kappa shape index (κ2) is 4.97. The number of hydrogen-bond acceptors (Lipinski definition) is 3. The Morgan fingerprint density at radius 2 is 1.59 bits per heavy atom. The number of morpholine rings is 1. The van der Waals surface area contributed by atoms with E-state index in [0.717, 1.165) is 0 Å². The van der Waals surface area contributed by atoms with Gasteiger partial charge in [0, 0.05) is 18.7 Å². The molecule has 1 fully saturated rings. The number of nitrogens with zero attached hydrogens (tertiary/aromatic N) is 1. The van der Waals surface area contributed by atoms with E-state index >= 15 is 0 Å². The van der Waals surface area contributed by atoms with Crippen LogP contribution in [0.3, 0.4) is 0 Å². The zero-order valence-corrected chi connectivity index (χ0v) is 9.26. The van der Waals surface area contributed by atoms with Crippen LogP contribution in [0.25, 0.3) is 0 Å². The Kier molecular flexibility index (Phi) is 3.39. The molecule has 0 saturated carbocycles. The summed E-state index contributed by atoms with van der Waals surface area (Å²) in [4.78, 5) is 24.4. The number of ether oxygens (including phenoxy) is 1. The molecule has 0 atom stereocenters. The lowest BCUT2D eigenvalue weighted by atomic mass is 10.1. The lowest BCUT2D eigenvalue weighted by Crippen LogP contribution is -2.40. The van der Waals surface area contributed by atoms with E-state index in [0.29, 0.717) is 31.9 Å². The molecule has 0 radical (unpaired) electrons. The quantitative estimate of drug-likeness (QED) is 0.825. The number of hydrogen-bond donors (Lipinski definition) is 1. The van der Waals surface area contributed by atoms with Crippen molar-refractivity contribution in [2.45, 2.75) is 0 Å². The van der Waals surface area contributed by atoms with Gasteiger partial charge in [-0.1, -0.05) is 0 Å². The van der Waals surface area contributed by atoms with Gasteiger partial charge in [-0.15, -0.1) is 0 Å². The molecule has 1 amide bonds. The molecule has 5 heteroatoms. The molecule has 1 N–H and O–H groups in total. The maximum absolute atomic E-state index is 12.0. The van der Waals surface area contributed by atoms with Gasteiger partial charge in [0.15, 0.2) is 0 Å². The number of amides is 1. The molecule has 1 aliphatic rings. The largest absolute Gasteiger partial charge is 0.478 e. The highest BCUT2D eigenvalue weighted by Gasteiger charge is 2.18. The molecule has 1 heterocycles. The first-order valence-electron chi connectivity index (χ1n) is 5.39. The van der Waals surface area contributed by atoms with Crippen LogP contribution in [0.4, 0.5) is 0 Å². The molecule has 90 valence electrons. The van der Waals surface area contributed by atoms with Crippen LogP contribution in [0.5, 0.6) is 0 Å².